The Hall–Kier alpha value is -1.00. The zero-order valence-electron chi connectivity index (χ0n) is 10.2. The first-order chi connectivity index (χ1) is 8.15. The van der Waals surface area contributed by atoms with Crippen LogP contribution in [-0.4, -0.2) is 31.5 Å². The van der Waals surface area contributed by atoms with Crippen molar-refractivity contribution in [1.82, 2.24) is 5.32 Å². The van der Waals surface area contributed by atoms with E-state index in [4.69, 9.17) is 20.8 Å². The summed E-state index contributed by atoms with van der Waals surface area (Å²) in [6.45, 7) is 5.35. The van der Waals surface area contributed by atoms with Crippen LogP contribution >= 0.6 is 11.6 Å². The van der Waals surface area contributed by atoms with Gasteiger partial charge < -0.3 is 14.5 Å². The lowest BCUT2D eigenvalue weighted by Crippen LogP contribution is -2.25. The van der Waals surface area contributed by atoms with E-state index in [9.17, 15) is 4.79 Å². The standard InChI is InChI=1S/C12H18ClNO3/c1-9-8-11(10(2)17-9)12(15)14-5-3-6-16-7-4-13/h8H,3-7H2,1-2H3,(H,14,15). The normalized spacial score (nSPS) is 10.5. The van der Waals surface area contributed by atoms with Gasteiger partial charge in [-0.3, -0.25) is 4.79 Å². The molecule has 1 aromatic rings. The molecule has 4 nitrogen and oxygen atoms in total. The predicted molar refractivity (Wildman–Crippen MR) is 66.7 cm³/mol. The second-order valence-electron chi connectivity index (χ2n) is 3.74. The summed E-state index contributed by atoms with van der Waals surface area (Å²) >= 11 is 5.46. The molecule has 0 bridgehead atoms. The molecule has 17 heavy (non-hydrogen) atoms. The van der Waals surface area contributed by atoms with Crippen molar-refractivity contribution in [3.05, 3.63) is 23.2 Å². The van der Waals surface area contributed by atoms with E-state index in [1.807, 2.05) is 6.92 Å². The molecule has 1 amide bonds. The predicted octanol–water partition coefficient (Wildman–Crippen LogP) is 2.27. The van der Waals surface area contributed by atoms with Gasteiger partial charge in [0.15, 0.2) is 0 Å². The Morgan fingerprint density at radius 2 is 2.24 bits per heavy atom. The number of hydrogen-bond acceptors (Lipinski definition) is 3. The summed E-state index contributed by atoms with van der Waals surface area (Å²) in [4.78, 5) is 11.7. The summed E-state index contributed by atoms with van der Waals surface area (Å²) in [6, 6.07) is 1.74. The molecule has 0 saturated carbocycles. The van der Waals surface area contributed by atoms with Crippen molar-refractivity contribution >= 4 is 17.5 Å². The number of carbonyl (C=O) groups is 1. The fraction of sp³-hybridized carbons (Fsp3) is 0.583. The van der Waals surface area contributed by atoms with Gasteiger partial charge in [-0.25, -0.2) is 0 Å². The van der Waals surface area contributed by atoms with Gasteiger partial charge in [0.1, 0.15) is 11.5 Å². The van der Waals surface area contributed by atoms with Crippen molar-refractivity contribution in [3.63, 3.8) is 0 Å². The summed E-state index contributed by atoms with van der Waals surface area (Å²) in [6.07, 6.45) is 0.776. The molecule has 1 aromatic heterocycles. The molecule has 0 spiro atoms. The van der Waals surface area contributed by atoms with Gasteiger partial charge in [0.05, 0.1) is 12.2 Å². The molecule has 1 N–H and O–H groups in total. The Balaban J connectivity index is 2.23. The van der Waals surface area contributed by atoms with E-state index in [1.54, 1.807) is 13.0 Å². The van der Waals surface area contributed by atoms with Gasteiger partial charge >= 0.3 is 0 Å². The van der Waals surface area contributed by atoms with E-state index >= 15 is 0 Å². The highest BCUT2D eigenvalue weighted by Gasteiger charge is 2.12. The molecule has 0 unspecified atom stereocenters. The Kier molecular flexibility index (Phi) is 6.08. The second-order valence-corrected chi connectivity index (χ2v) is 4.12. The Labute approximate surface area is 106 Å². The van der Waals surface area contributed by atoms with Crippen molar-refractivity contribution in [3.8, 4) is 0 Å². The maximum atomic E-state index is 11.7. The van der Waals surface area contributed by atoms with Crippen LogP contribution < -0.4 is 5.32 Å². The monoisotopic (exact) mass is 259 g/mol. The minimum atomic E-state index is -0.100. The number of rotatable bonds is 7. The number of amides is 1. The van der Waals surface area contributed by atoms with Crippen LogP contribution in [-0.2, 0) is 4.74 Å². The van der Waals surface area contributed by atoms with Crippen molar-refractivity contribution in [2.45, 2.75) is 20.3 Å². The number of nitrogens with one attached hydrogen (secondary N) is 1. The topological polar surface area (TPSA) is 51.5 Å². The molecule has 0 aliphatic rings. The zero-order valence-corrected chi connectivity index (χ0v) is 11.0. The van der Waals surface area contributed by atoms with E-state index in [2.05, 4.69) is 5.32 Å². The molecule has 0 fully saturated rings. The number of aryl methyl sites for hydroxylation is 2. The summed E-state index contributed by atoms with van der Waals surface area (Å²) in [7, 11) is 0. The van der Waals surface area contributed by atoms with Crippen LogP contribution in [0.1, 0.15) is 28.3 Å². The molecule has 0 atom stereocenters. The van der Waals surface area contributed by atoms with Crippen LogP contribution in [0.3, 0.4) is 0 Å². The third-order valence-corrected chi connectivity index (χ3v) is 2.41. The van der Waals surface area contributed by atoms with Crippen molar-refractivity contribution in [2.24, 2.45) is 0 Å². The minimum Gasteiger partial charge on any atom is -0.466 e. The molecule has 96 valence electrons. The lowest BCUT2D eigenvalue weighted by atomic mass is 10.2. The van der Waals surface area contributed by atoms with Gasteiger partial charge in [-0.2, -0.15) is 0 Å². The maximum absolute atomic E-state index is 11.7. The van der Waals surface area contributed by atoms with Crippen LogP contribution in [0.15, 0.2) is 10.5 Å². The molecule has 1 heterocycles. The molecular formula is C12H18ClNO3. The third kappa shape index (κ3) is 4.79. The summed E-state index contributed by atoms with van der Waals surface area (Å²) in [5, 5.41) is 2.82. The number of ether oxygens (including phenoxy) is 1. The number of hydrogen-bond donors (Lipinski definition) is 1. The summed E-state index contributed by atoms with van der Waals surface area (Å²) < 4.78 is 10.5. The molecule has 0 aliphatic heterocycles. The molecule has 0 saturated heterocycles. The average Bonchev–Trinajstić information content (AvgIpc) is 2.62. The van der Waals surface area contributed by atoms with Crippen molar-refractivity contribution in [1.29, 1.82) is 0 Å². The highest BCUT2D eigenvalue weighted by Crippen LogP contribution is 2.13. The molecule has 5 heteroatoms. The lowest BCUT2D eigenvalue weighted by Gasteiger charge is -2.04. The maximum Gasteiger partial charge on any atom is 0.254 e. The Morgan fingerprint density at radius 3 is 2.82 bits per heavy atom. The van der Waals surface area contributed by atoms with E-state index < -0.39 is 0 Å². The summed E-state index contributed by atoms with van der Waals surface area (Å²) in [5.74, 6) is 1.80. The smallest absolute Gasteiger partial charge is 0.254 e. The van der Waals surface area contributed by atoms with Gasteiger partial charge in [0.2, 0.25) is 0 Å². The van der Waals surface area contributed by atoms with Gasteiger partial charge in [-0.1, -0.05) is 0 Å². The second kappa shape index (κ2) is 7.35. The lowest BCUT2D eigenvalue weighted by molar-refractivity contribution is 0.0943. The average molecular weight is 260 g/mol. The summed E-state index contributed by atoms with van der Waals surface area (Å²) in [5.41, 5.74) is 0.601. The Bertz CT molecular complexity index is 363. The number of halogens is 1. The highest BCUT2D eigenvalue weighted by molar-refractivity contribution is 6.17. The first-order valence-electron chi connectivity index (χ1n) is 5.64. The zero-order chi connectivity index (χ0) is 12.7. The largest absolute Gasteiger partial charge is 0.466 e. The first kappa shape index (κ1) is 14.1. The fourth-order valence-corrected chi connectivity index (χ4v) is 1.59. The number of furan rings is 1. The van der Waals surface area contributed by atoms with Crippen molar-refractivity contribution in [2.75, 3.05) is 25.6 Å². The first-order valence-corrected chi connectivity index (χ1v) is 6.17. The highest BCUT2D eigenvalue weighted by atomic mass is 35.5. The van der Waals surface area contributed by atoms with Crippen LogP contribution in [0.5, 0.6) is 0 Å². The van der Waals surface area contributed by atoms with E-state index in [0.717, 1.165) is 12.2 Å². The van der Waals surface area contributed by atoms with Crippen molar-refractivity contribution < 1.29 is 13.9 Å². The molecule has 0 aromatic carbocycles. The third-order valence-electron chi connectivity index (χ3n) is 2.26. The van der Waals surface area contributed by atoms with E-state index in [1.165, 1.54) is 0 Å². The van der Waals surface area contributed by atoms with Crippen LogP contribution in [0, 0.1) is 13.8 Å². The molecule has 1 rings (SSSR count). The molecular weight excluding hydrogens is 242 g/mol. The van der Waals surface area contributed by atoms with Gasteiger partial charge in [0, 0.05) is 19.0 Å². The Morgan fingerprint density at radius 1 is 1.47 bits per heavy atom. The van der Waals surface area contributed by atoms with Gasteiger partial charge in [0.25, 0.3) is 5.91 Å². The van der Waals surface area contributed by atoms with Gasteiger partial charge in [-0.15, -0.1) is 11.6 Å². The van der Waals surface area contributed by atoms with E-state index in [-0.39, 0.29) is 5.91 Å². The van der Waals surface area contributed by atoms with Gasteiger partial charge in [-0.05, 0) is 26.3 Å². The molecule has 0 radical (unpaired) electrons. The van der Waals surface area contributed by atoms with Crippen LogP contribution in [0.2, 0.25) is 0 Å². The van der Waals surface area contributed by atoms with Crippen LogP contribution in [0.4, 0.5) is 0 Å². The van der Waals surface area contributed by atoms with E-state index in [0.29, 0.717) is 37.0 Å². The minimum absolute atomic E-state index is 0.100. The fourth-order valence-electron chi connectivity index (χ4n) is 1.48. The SMILES string of the molecule is Cc1cc(C(=O)NCCCOCCCl)c(C)o1. The quantitative estimate of drug-likeness (QED) is 0.604. The number of alkyl halides is 1. The van der Waals surface area contributed by atoms with Crippen LogP contribution in [0.25, 0.3) is 0 Å². The molecule has 0 aliphatic carbocycles. The number of carbonyl (C=O) groups excluding carboxylic acids is 1.